The van der Waals surface area contributed by atoms with Gasteiger partial charge >= 0.3 is 0 Å². The molecule has 7 heteroatoms. The summed E-state index contributed by atoms with van der Waals surface area (Å²) in [6, 6.07) is 8.35. The summed E-state index contributed by atoms with van der Waals surface area (Å²) in [5, 5.41) is 4.54. The van der Waals surface area contributed by atoms with Crippen molar-refractivity contribution in [2.45, 2.75) is 0 Å². The molecule has 0 aliphatic carbocycles. The van der Waals surface area contributed by atoms with Gasteiger partial charge in [-0.05, 0) is 18.2 Å². The van der Waals surface area contributed by atoms with Crippen LogP contribution >= 0.6 is 0 Å². The van der Waals surface area contributed by atoms with E-state index >= 15 is 0 Å². The van der Waals surface area contributed by atoms with Crippen LogP contribution in [0.1, 0.15) is 0 Å². The second kappa shape index (κ2) is 6.11. The first-order chi connectivity index (χ1) is 12.6. The molecule has 0 saturated carbocycles. The molecule has 132 valence electrons. The maximum Gasteiger partial charge on any atom is 0.197 e. The van der Waals surface area contributed by atoms with E-state index in [9.17, 15) is 4.79 Å². The van der Waals surface area contributed by atoms with Crippen molar-refractivity contribution in [3.8, 4) is 34.3 Å². The van der Waals surface area contributed by atoms with E-state index in [1.165, 1.54) is 19.4 Å². The first-order valence-electron chi connectivity index (χ1n) is 7.89. The molecular weight excluding hydrogens is 336 g/mol. The Balaban J connectivity index is 2.17. The fraction of sp³-hybridized carbons (Fsp3) is 0.158. The Morgan fingerprint density at radius 2 is 1.88 bits per heavy atom. The molecule has 7 nitrogen and oxygen atoms in total. The Labute approximate surface area is 148 Å². The number of methoxy groups -OCH3 is 2. The monoisotopic (exact) mass is 352 g/mol. The summed E-state index contributed by atoms with van der Waals surface area (Å²) in [4.78, 5) is 12.8. The molecule has 0 saturated heterocycles. The Kier molecular flexibility index (Phi) is 3.76. The number of aromatic nitrogens is 2. The molecule has 0 amide bonds. The van der Waals surface area contributed by atoms with Crippen LogP contribution < -0.4 is 14.9 Å². The van der Waals surface area contributed by atoms with Gasteiger partial charge in [-0.15, -0.1) is 0 Å². The van der Waals surface area contributed by atoms with E-state index < -0.39 is 0 Å². The highest BCUT2D eigenvalue weighted by molar-refractivity contribution is 5.99. The standard InChI is InChI=1S/C19H16N2O5/c1-21-11(6-7-20-21)17-15(23-2)10-16(24-3)18-12(22)9-14(26-19(17)18)13-5-4-8-25-13/h4-10H,1-3H3. The Morgan fingerprint density at radius 1 is 1.08 bits per heavy atom. The van der Waals surface area contributed by atoms with Gasteiger partial charge in [-0.1, -0.05) is 0 Å². The van der Waals surface area contributed by atoms with Gasteiger partial charge in [-0.2, -0.15) is 5.10 Å². The lowest BCUT2D eigenvalue weighted by molar-refractivity contribution is 0.397. The highest BCUT2D eigenvalue weighted by Crippen LogP contribution is 2.41. The number of hydrogen-bond donors (Lipinski definition) is 0. The van der Waals surface area contributed by atoms with Crippen LogP contribution in [0.3, 0.4) is 0 Å². The summed E-state index contributed by atoms with van der Waals surface area (Å²) in [6.07, 6.45) is 3.19. The Morgan fingerprint density at radius 3 is 2.50 bits per heavy atom. The van der Waals surface area contributed by atoms with Crippen LogP contribution in [0.5, 0.6) is 11.5 Å². The molecule has 0 aliphatic rings. The zero-order chi connectivity index (χ0) is 18.3. The third-order valence-corrected chi connectivity index (χ3v) is 4.21. The number of ether oxygens (including phenoxy) is 2. The van der Waals surface area contributed by atoms with Crippen LogP contribution in [0.4, 0.5) is 0 Å². The van der Waals surface area contributed by atoms with Gasteiger partial charge in [-0.3, -0.25) is 9.48 Å². The number of hydrogen-bond acceptors (Lipinski definition) is 6. The smallest absolute Gasteiger partial charge is 0.197 e. The van der Waals surface area contributed by atoms with Crippen LogP contribution in [0, 0.1) is 0 Å². The molecule has 26 heavy (non-hydrogen) atoms. The van der Waals surface area contributed by atoms with Gasteiger partial charge < -0.3 is 18.3 Å². The highest BCUT2D eigenvalue weighted by Gasteiger charge is 2.23. The Hall–Kier alpha value is -3.48. The average molecular weight is 352 g/mol. The normalized spacial score (nSPS) is 11.0. The second-order valence-electron chi connectivity index (χ2n) is 5.65. The maximum absolute atomic E-state index is 12.8. The van der Waals surface area contributed by atoms with Crippen molar-refractivity contribution >= 4 is 11.0 Å². The summed E-state index contributed by atoms with van der Waals surface area (Å²) in [6.45, 7) is 0. The fourth-order valence-electron chi connectivity index (χ4n) is 3.00. The van der Waals surface area contributed by atoms with E-state index in [0.717, 1.165) is 5.69 Å². The van der Waals surface area contributed by atoms with Gasteiger partial charge in [0.25, 0.3) is 0 Å². The summed E-state index contributed by atoms with van der Waals surface area (Å²) in [7, 11) is 4.85. The van der Waals surface area contributed by atoms with Crippen LogP contribution in [0.2, 0.25) is 0 Å². The number of aryl methyl sites for hydroxylation is 1. The number of fused-ring (bicyclic) bond motifs is 1. The van der Waals surface area contributed by atoms with Gasteiger partial charge in [0.2, 0.25) is 0 Å². The highest BCUT2D eigenvalue weighted by atomic mass is 16.5. The molecular formula is C19H16N2O5. The molecule has 0 spiro atoms. The van der Waals surface area contributed by atoms with Gasteiger partial charge in [0.05, 0.1) is 31.7 Å². The molecule has 4 rings (SSSR count). The lowest BCUT2D eigenvalue weighted by Crippen LogP contribution is -2.06. The molecule has 0 radical (unpaired) electrons. The fourth-order valence-corrected chi connectivity index (χ4v) is 3.00. The largest absolute Gasteiger partial charge is 0.496 e. The quantitative estimate of drug-likeness (QED) is 0.559. The topological polar surface area (TPSA) is 79.6 Å². The lowest BCUT2D eigenvalue weighted by Gasteiger charge is -2.14. The zero-order valence-corrected chi connectivity index (χ0v) is 14.5. The zero-order valence-electron chi connectivity index (χ0n) is 14.5. The predicted molar refractivity (Wildman–Crippen MR) is 95.5 cm³/mol. The molecule has 4 aromatic rings. The maximum atomic E-state index is 12.8. The summed E-state index contributed by atoms with van der Waals surface area (Å²) in [5.74, 6) is 1.67. The van der Waals surface area contributed by atoms with Crippen molar-refractivity contribution in [1.29, 1.82) is 0 Å². The molecule has 0 atom stereocenters. The van der Waals surface area contributed by atoms with E-state index in [-0.39, 0.29) is 5.43 Å². The predicted octanol–water partition coefficient (Wildman–Crippen LogP) is 3.47. The van der Waals surface area contributed by atoms with Gasteiger partial charge in [0.15, 0.2) is 22.5 Å². The first kappa shape index (κ1) is 16.0. The van der Waals surface area contributed by atoms with Crippen molar-refractivity contribution in [3.05, 3.63) is 53.0 Å². The number of nitrogens with zero attached hydrogens (tertiary/aromatic N) is 2. The first-order valence-corrected chi connectivity index (χ1v) is 7.89. The third kappa shape index (κ3) is 2.36. The number of furan rings is 1. The number of benzene rings is 1. The van der Waals surface area contributed by atoms with Gasteiger partial charge in [0.1, 0.15) is 16.9 Å². The SMILES string of the molecule is COc1cc(OC)c2c(=O)cc(-c3ccco3)oc2c1-c1ccnn1C. The molecule has 3 aromatic heterocycles. The van der Waals surface area contributed by atoms with Gasteiger partial charge in [0, 0.05) is 25.4 Å². The third-order valence-electron chi connectivity index (χ3n) is 4.21. The van der Waals surface area contributed by atoms with Crippen molar-refractivity contribution in [1.82, 2.24) is 9.78 Å². The van der Waals surface area contributed by atoms with E-state index in [1.54, 1.807) is 43.2 Å². The van der Waals surface area contributed by atoms with E-state index in [4.69, 9.17) is 18.3 Å². The van der Waals surface area contributed by atoms with E-state index in [0.29, 0.717) is 39.6 Å². The van der Waals surface area contributed by atoms with E-state index in [1.807, 2.05) is 6.07 Å². The summed E-state index contributed by atoms with van der Waals surface area (Å²) < 4.78 is 24.1. The minimum Gasteiger partial charge on any atom is -0.496 e. The minimum atomic E-state index is -0.236. The molecule has 0 fully saturated rings. The molecule has 0 unspecified atom stereocenters. The summed E-state index contributed by atoms with van der Waals surface area (Å²) in [5.41, 5.74) is 1.48. The molecule has 0 aliphatic heterocycles. The van der Waals surface area contributed by atoms with Crippen LogP contribution in [-0.4, -0.2) is 24.0 Å². The molecule has 3 heterocycles. The van der Waals surface area contributed by atoms with Crippen LogP contribution in [-0.2, 0) is 7.05 Å². The molecule has 0 N–H and O–H groups in total. The average Bonchev–Trinajstić information content (AvgIpc) is 3.32. The van der Waals surface area contributed by atoms with E-state index in [2.05, 4.69) is 5.10 Å². The van der Waals surface area contributed by atoms with Crippen molar-refractivity contribution < 1.29 is 18.3 Å². The van der Waals surface area contributed by atoms with Crippen LogP contribution in [0.25, 0.3) is 33.7 Å². The lowest BCUT2D eigenvalue weighted by atomic mass is 10.0. The van der Waals surface area contributed by atoms with Gasteiger partial charge in [-0.25, -0.2) is 0 Å². The van der Waals surface area contributed by atoms with Crippen molar-refractivity contribution in [3.63, 3.8) is 0 Å². The number of rotatable bonds is 4. The second-order valence-corrected chi connectivity index (χ2v) is 5.65. The minimum absolute atomic E-state index is 0.236. The Bertz CT molecular complexity index is 1140. The molecule has 1 aromatic carbocycles. The van der Waals surface area contributed by atoms with Crippen molar-refractivity contribution in [2.75, 3.05) is 14.2 Å². The van der Waals surface area contributed by atoms with Crippen molar-refractivity contribution in [2.24, 2.45) is 7.05 Å². The summed E-state index contributed by atoms with van der Waals surface area (Å²) >= 11 is 0. The van der Waals surface area contributed by atoms with Crippen LogP contribution in [0.15, 0.2) is 56.4 Å². The molecule has 0 bridgehead atoms.